The molecule has 1 aliphatic heterocycles. The maximum atomic E-state index is 13.3. The van der Waals surface area contributed by atoms with Gasteiger partial charge in [-0.2, -0.15) is 0 Å². The molecule has 0 aromatic heterocycles. The zero-order chi connectivity index (χ0) is 15.6. The van der Waals surface area contributed by atoms with Crippen LogP contribution in [0.1, 0.15) is 30.6 Å². The fourth-order valence-corrected chi connectivity index (χ4v) is 2.82. The van der Waals surface area contributed by atoms with Gasteiger partial charge in [0.05, 0.1) is 6.04 Å². The van der Waals surface area contributed by atoms with Crippen molar-refractivity contribution in [3.05, 3.63) is 35.4 Å². The van der Waals surface area contributed by atoms with E-state index < -0.39 is 11.6 Å². The molecule has 0 N–H and O–H groups in total. The van der Waals surface area contributed by atoms with Gasteiger partial charge in [-0.25, -0.2) is 8.78 Å². The van der Waals surface area contributed by atoms with Gasteiger partial charge in [0.2, 0.25) is 0 Å². The zero-order valence-corrected chi connectivity index (χ0v) is 12.8. The van der Waals surface area contributed by atoms with Crippen molar-refractivity contribution in [1.29, 1.82) is 0 Å². The van der Waals surface area contributed by atoms with E-state index in [0.717, 1.165) is 38.2 Å². The van der Waals surface area contributed by atoms with E-state index in [-0.39, 0.29) is 17.4 Å². The maximum Gasteiger partial charge on any atom is 0.179 e. The molecule has 1 fully saturated rings. The summed E-state index contributed by atoms with van der Waals surface area (Å²) in [6.07, 6.45) is 1.03. The number of carbonyl (C=O) groups is 1. The van der Waals surface area contributed by atoms with Gasteiger partial charge in [0.25, 0.3) is 0 Å². The Morgan fingerprint density at radius 2 is 2.05 bits per heavy atom. The summed E-state index contributed by atoms with van der Waals surface area (Å²) in [7, 11) is 2.09. The number of Topliss-reactive ketones (excluding diaryl/α,β-unsaturated/α-hetero) is 1. The Labute approximate surface area is 124 Å². The van der Waals surface area contributed by atoms with Crippen molar-refractivity contribution in [3.8, 4) is 0 Å². The summed E-state index contributed by atoms with van der Waals surface area (Å²) < 4.78 is 26.2. The zero-order valence-electron chi connectivity index (χ0n) is 12.8. The minimum Gasteiger partial charge on any atom is -0.301 e. The van der Waals surface area contributed by atoms with Crippen LogP contribution in [0.4, 0.5) is 8.78 Å². The molecule has 1 heterocycles. The second kappa shape index (κ2) is 6.62. The van der Waals surface area contributed by atoms with Crippen molar-refractivity contribution >= 4 is 5.78 Å². The van der Waals surface area contributed by atoms with Crippen LogP contribution in [-0.4, -0.2) is 54.3 Å². The van der Waals surface area contributed by atoms with Crippen LogP contribution >= 0.6 is 0 Å². The maximum absolute atomic E-state index is 13.3. The molecule has 1 saturated heterocycles. The molecule has 1 aliphatic rings. The molecule has 3 nitrogen and oxygen atoms in total. The van der Waals surface area contributed by atoms with E-state index in [9.17, 15) is 13.6 Å². The van der Waals surface area contributed by atoms with E-state index in [0.29, 0.717) is 6.04 Å². The third-order valence-electron chi connectivity index (χ3n) is 4.41. The lowest BCUT2D eigenvalue weighted by atomic mass is 10.0. The fraction of sp³-hybridized carbons (Fsp3) is 0.562. The molecule has 0 spiro atoms. The lowest BCUT2D eigenvalue weighted by Crippen LogP contribution is -2.55. The highest BCUT2D eigenvalue weighted by atomic mass is 19.2. The Kier molecular flexibility index (Phi) is 5.06. The number of piperazine rings is 1. The molecule has 0 aliphatic carbocycles. The lowest BCUT2D eigenvalue weighted by molar-refractivity contribution is 0.0553. The van der Waals surface area contributed by atoms with Crippen molar-refractivity contribution in [1.82, 2.24) is 9.80 Å². The minimum atomic E-state index is -0.974. The van der Waals surface area contributed by atoms with Crippen molar-refractivity contribution in [2.45, 2.75) is 32.4 Å². The average molecular weight is 296 g/mol. The van der Waals surface area contributed by atoms with Crippen LogP contribution in [0.15, 0.2) is 18.2 Å². The predicted molar refractivity (Wildman–Crippen MR) is 78.4 cm³/mol. The Hall–Kier alpha value is -1.33. The number of nitrogens with zero attached hydrogens (tertiary/aromatic N) is 2. The number of carbonyl (C=O) groups excluding carboxylic acids is 1. The van der Waals surface area contributed by atoms with E-state index >= 15 is 0 Å². The third-order valence-corrected chi connectivity index (χ3v) is 4.41. The van der Waals surface area contributed by atoms with E-state index in [4.69, 9.17) is 0 Å². The average Bonchev–Trinajstić information content (AvgIpc) is 2.49. The van der Waals surface area contributed by atoms with E-state index in [1.807, 2.05) is 6.92 Å². The largest absolute Gasteiger partial charge is 0.301 e. The SMILES string of the molecule is CCC1CN(C(C)C(=O)c2ccc(F)c(F)c2)CCN1C. The summed E-state index contributed by atoms with van der Waals surface area (Å²) >= 11 is 0. The smallest absolute Gasteiger partial charge is 0.179 e. The van der Waals surface area contributed by atoms with Gasteiger partial charge in [0.1, 0.15) is 0 Å². The van der Waals surface area contributed by atoms with Crippen molar-refractivity contribution in [3.63, 3.8) is 0 Å². The summed E-state index contributed by atoms with van der Waals surface area (Å²) in [5, 5.41) is 0. The second-order valence-electron chi connectivity index (χ2n) is 5.71. The van der Waals surface area contributed by atoms with Crippen molar-refractivity contribution in [2.75, 3.05) is 26.7 Å². The van der Waals surface area contributed by atoms with Gasteiger partial charge < -0.3 is 4.90 Å². The molecule has 1 aromatic carbocycles. The van der Waals surface area contributed by atoms with Crippen LogP contribution in [0.2, 0.25) is 0 Å². The first-order chi connectivity index (χ1) is 9.93. The molecule has 2 atom stereocenters. The van der Waals surface area contributed by atoms with Gasteiger partial charge in [-0.3, -0.25) is 9.69 Å². The van der Waals surface area contributed by atoms with Crippen LogP contribution in [0.25, 0.3) is 0 Å². The molecule has 1 aromatic rings. The summed E-state index contributed by atoms with van der Waals surface area (Å²) in [4.78, 5) is 16.9. The molecule has 2 rings (SSSR count). The Balaban J connectivity index is 2.10. The highest BCUT2D eigenvalue weighted by Gasteiger charge is 2.29. The number of ketones is 1. The second-order valence-corrected chi connectivity index (χ2v) is 5.71. The Morgan fingerprint density at radius 1 is 1.33 bits per heavy atom. The van der Waals surface area contributed by atoms with Crippen LogP contribution in [-0.2, 0) is 0 Å². The summed E-state index contributed by atoms with van der Waals surface area (Å²) in [5.41, 5.74) is 0.230. The number of rotatable bonds is 4. The molecule has 116 valence electrons. The summed E-state index contributed by atoms with van der Waals surface area (Å²) in [6.45, 7) is 6.51. The topological polar surface area (TPSA) is 23.6 Å². The predicted octanol–water partition coefficient (Wildman–Crippen LogP) is 2.56. The van der Waals surface area contributed by atoms with Crippen LogP contribution in [0.3, 0.4) is 0 Å². The molecule has 0 radical (unpaired) electrons. The standard InChI is InChI=1S/C16H22F2N2O/c1-4-13-10-20(8-7-19(13)3)11(2)16(21)12-5-6-14(17)15(18)9-12/h5-6,9,11,13H,4,7-8,10H2,1-3H3. The van der Waals surface area contributed by atoms with Gasteiger partial charge in [0.15, 0.2) is 17.4 Å². The summed E-state index contributed by atoms with van der Waals surface area (Å²) in [5.74, 6) is -2.06. The summed E-state index contributed by atoms with van der Waals surface area (Å²) in [6, 6.07) is 3.46. The third kappa shape index (κ3) is 3.47. The van der Waals surface area contributed by atoms with E-state index in [2.05, 4.69) is 23.8 Å². The van der Waals surface area contributed by atoms with Crippen LogP contribution in [0.5, 0.6) is 0 Å². The molecule has 0 saturated carbocycles. The lowest BCUT2D eigenvalue weighted by Gasteiger charge is -2.41. The molecule has 0 bridgehead atoms. The molecule has 21 heavy (non-hydrogen) atoms. The van der Waals surface area contributed by atoms with Gasteiger partial charge >= 0.3 is 0 Å². The molecule has 0 amide bonds. The minimum absolute atomic E-state index is 0.159. The van der Waals surface area contributed by atoms with E-state index in [1.165, 1.54) is 6.07 Å². The van der Waals surface area contributed by atoms with Crippen LogP contribution in [0, 0.1) is 11.6 Å². The fourth-order valence-electron chi connectivity index (χ4n) is 2.82. The first kappa shape index (κ1) is 16.0. The van der Waals surface area contributed by atoms with Crippen molar-refractivity contribution in [2.24, 2.45) is 0 Å². The highest BCUT2D eigenvalue weighted by Crippen LogP contribution is 2.17. The van der Waals surface area contributed by atoms with Gasteiger partial charge in [-0.1, -0.05) is 6.92 Å². The quantitative estimate of drug-likeness (QED) is 0.798. The van der Waals surface area contributed by atoms with E-state index in [1.54, 1.807) is 0 Å². The van der Waals surface area contributed by atoms with Gasteiger partial charge in [-0.05, 0) is 38.6 Å². The highest BCUT2D eigenvalue weighted by molar-refractivity contribution is 5.99. The number of likely N-dealkylation sites (N-methyl/N-ethyl adjacent to an activating group) is 1. The molecule has 2 unspecified atom stereocenters. The van der Waals surface area contributed by atoms with Gasteiger partial charge in [-0.15, -0.1) is 0 Å². The normalized spacial score (nSPS) is 22.2. The Bertz CT molecular complexity index is 521. The number of benzene rings is 1. The Morgan fingerprint density at radius 3 is 2.67 bits per heavy atom. The molecular formula is C16H22F2N2O. The van der Waals surface area contributed by atoms with Gasteiger partial charge in [0, 0.05) is 31.2 Å². The number of hydrogen-bond donors (Lipinski definition) is 0. The number of halogens is 2. The van der Waals surface area contributed by atoms with Crippen molar-refractivity contribution < 1.29 is 13.6 Å². The molecule has 5 heteroatoms. The monoisotopic (exact) mass is 296 g/mol. The first-order valence-corrected chi connectivity index (χ1v) is 7.37. The molecular weight excluding hydrogens is 274 g/mol. The number of hydrogen-bond acceptors (Lipinski definition) is 3. The first-order valence-electron chi connectivity index (χ1n) is 7.37. The van der Waals surface area contributed by atoms with Crippen LogP contribution < -0.4 is 0 Å².